The quantitative estimate of drug-likeness (QED) is 0.506. The number of aryl methyl sites for hydroxylation is 1. The number of carbonyl (C=O) groups excluding carboxylic acids is 1. The van der Waals surface area contributed by atoms with Gasteiger partial charge >= 0.3 is 6.18 Å². The van der Waals surface area contributed by atoms with E-state index in [1.54, 1.807) is 18.2 Å². The monoisotopic (exact) mass is 462 g/mol. The zero-order chi connectivity index (χ0) is 23.4. The minimum absolute atomic E-state index is 0.00639. The molecule has 3 nitrogen and oxygen atoms in total. The molecule has 0 saturated carbocycles. The number of ketones is 1. The highest BCUT2D eigenvalue weighted by Crippen LogP contribution is 2.53. The number of Topliss-reactive ketones (excluding diaryl/α,β-unsaturated/α-hetero) is 1. The molecule has 7 heteroatoms. The molecule has 32 heavy (non-hydrogen) atoms. The average molecular weight is 463 g/mol. The van der Waals surface area contributed by atoms with Crippen LogP contribution in [0.1, 0.15) is 50.3 Å². The van der Waals surface area contributed by atoms with Crippen LogP contribution in [0.15, 0.2) is 53.3 Å². The van der Waals surface area contributed by atoms with Gasteiger partial charge in [-0.2, -0.15) is 13.2 Å². The first kappa shape index (κ1) is 22.5. The molecule has 4 rings (SSSR count). The van der Waals surface area contributed by atoms with Gasteiger partial charge in [-0.15, -0.1) is 0 Å². The lowest BCUT2D eigenvalue weighted by atomic mass is 9.72. The van der Waals surface area contributed by atoms with Crippen molar-refractivity contribution in [2.24, 2.45) is 5.41 Å². The topological polar surface area (TPSA) is 46.5 Å². The number of fused-ring (bicyclic) bond motifs is 1. The molecule has 2 aromatic carbocycles. The second kappa shape index (κ2) is 7.69. The molecule has 168 valence electrons. The standard InChI is InChI=1S/C25H22ClF3O3/c1-4-14-5-6-15(32-16-7-8-19(20(26)12-16)25(27,28)29)11-18(14)21-22(30)17-9-10-24(3,13(17)2)23(21)31/h5-8,11-12,30H,4,9-10H2,1-3H3/t24-/m0/s1. The Morgan fingerprint density at radius 1 is 1.16 bits per heavy atom. The molecule has 0 aliphatic heterocycles. The molecular weight excluding hydrogens is 441 g/mol. The zero-order valence-electron chi connectivity index (χ0n) is 17.9. The highest BCUT2D eigenvalue weighted by atomic mass is 35.5. The molecular formula is C25H22ClF3O3. The van der Waals surface area contributed by atoms with Gasteiger partial charge in [-0.25, -0.2) is 0 Å². The van der Waals surface area contributed by atoms with E-state index in [2.05, 4.69) is 0 Å². The van der Waals surface area contributed by atoms with E-state index < -0.39 is 22.2 Å². The van der Waals surface area contributed by atoms with Crippen molar-refractivity contribution in [3.05, 3.63) is 75.0 Å². The smallest absolute Gasteiger partial charge is 0.417 e. The van der Waals surface area contributed by atoms with E-state index >= 15 is 0 Å². The van der Waals surface area contributed by atoms with E-state index in [9.17, 15) is 23.1 Å². The number of allylic oxidation sites excluding steroid dienone is 3. The Labute approximate surface area is 189 Å². The third-order valence-corrected chi connectivity index (χ3v) is 6.93. The first-order chi connectivity index (χ1) is 15.0. The molecule has 0 saturated heterocycles. The summed E-state index contributed by atoms with van der Waals surface area (Å²) >= 11 is 5.80. The number of hydrogen-bond donors (Lipinski definition) is 1. The molecule has 1 atom stereocenters. The number of carbonyl (C=O) groups is 1. The number of aliphatic hydroxyl groups excluding tert-OH is 1. The van der Waals surface area contributed by atoms with Crippen molar-refractivity contribution in [3.8, 4) is 11.5 Å². The molecule has 0 spiro atoms. The summed E-state index contributed by atoms with van der Waals surface area (Å²) in [5.74, 6) is 0.344. The van der Waals surface area contributed by atoms with Crippen LogP contribution >= 0.6 is 11.6 Å². The third-order valence-electron chi connectivity index (χ3n) is 6.62. The summed E-state index contributed by atoms with van der Waals surface area (Å²) in [6.45, 7) is 5.74. The van der Waals surface area contributed by atoms with Gasteiger partial charge in [0.2, 0.25) is 0 Å². The van der Waals surface area contributed by atoms with Gasteiger partial charge < -0.3 is 9.84 Å². The number of ether oxygens (including phenoxy) is 1. The van der Waals surface area contributed by atoms with Crippen LogP contribution < -0.4 is 4.74 Å². The number of rotatable bonds is 4. The molecule has 0 aromatic heterocycles. The van der Waals surface area contributed by atoms with Crippen LogP contribution in [0.25, 0.3) is 5.57 Å². The van der Waals surface area contributed by atoms with Crippen LogP contribution in [-0.2, 0) is 17.4 Å². The van der Waals surface area contributed by atoms with E-state index in [0.717, 1.165) is 28.8 Å². The van der Waals surface area contributed by atoms with Gasteiger partial charge in [-0.3, -0.25) is 4.79 Å². The Bertz CT molecular complexity index is 1190. The number of hydrogen-bond acceptors (Lipinski definition) is 3. The molecule has 0 radical (unpaired) electrons. The van der Waals surface area contributed by atoms with Crippen molar-refractivity contribution in [1.29, 1.82) is 0 Å². The Balaban J connectivity index is 1.75. The Kier molecular flexibility index (Phi) is 5.40. The minimum atomic E-state index is -4.56. The predicted molar refractivity (Wildman–Crippen MR) is 117 cm³/mol. The van der Waals surface area contributed by atoms with Gasteiger partial charge in [0.1, 0.15) is 17.3 Å². The summed E-state index contributed by atoms with van der Waals surface area (Å²) < 4.78 is 44.6. The van der Waals surface area contributed by atoms with Gasteiger partial charge in [0.15, 0.2) is 5.78 Å². The van der Waals surface area contributed by atoms with Crippen molar-refractivity contribution in [2.75, 3.05) is 0 Å². The van der Waals surface area contributed by atoms with Crippen LogP contribution in [0.3, 0.4) is 0 Å². The van der Waals surface area contributed by atoms with E-state index in [0.29, 0.717) is 30.6 Å². The maximum Gasteiger partial charge on any atom is 0.417 e. The van der Waals surface area contributed by atoms with Crippen molar-refractivity contribution in [3.63, 3.8) is 0 Å². The van der Waals surface area contributed by atoms with Crippen LogP contribution in [0.4, 0.5) is 13.2 Å². The number of aliphatic hydroxyl groups is 1. The molecule has 2 aromatic rings. The average Bonchev–Trinajstić information content (AvgIpc) is 2.97. The lowest BCUT2D eigenvalue weighted by Gasteiger charge is -2.30. The molecule has 2 aliphatic carbocycles. The minimum Gasteiger partial charge on any atom is -0.507 e. The second-order valence-electron chi connectivity index (χ2n) is 8.40. The largest absolute Gasteiger partial charge is 0.507 e. The second-order valence-corrected chi connectivity index (χ2v) is 8.81. The van der Waals surface area contributed by atoms with E-state index in [1.807, 2.05) is 20.8 Å². The van der Waals surface area contributed by atoms with Gasteiger partial charge in [0.25, 0.3) is 0 Å². The van der Waals surface area contributed by atoms with E-state index in [4.69, 9.17) is 16.3 Å². The van der Waals surface area contributed by atoms with Crippen LogP contribution in [-0.4, -0.2) is 10.9 Å². The summed E-state index contributed by atoms with van der Waals surface area (Å²) in [5.41, 5.74) is 1.85. The SMILES string of the molecule is CCc1ccc(Oc2ccc(C(F)(F)F)c(Cl)c2)cc1C1=C(O)C2=C(C)[C@](C)(CC2)C1=O. The van der Waals surface area contributed by atoms with Crippen molar-refractivity contribution < 1.29 is 27.8 Å². The molecule has 0 unspecified atom stereocenters. The molecule has 2 aliphatic rings. The first-order valence-corrected chi connectivity index (χ1v) is 10.7. The van der Waals surface area contributed by atoms with E-state index in [-0.39, 0.29) is 22.9 Å². The summed E-state index contributed by atoms with van der Waals surface area (Å²) in [5, 5.41) is 10.5. The Morgan fingerprint density at radius 3 is 2.44 bits per heavy atom. The summed E-state index contributed by atoms with van der Waals surface area (Å²) in [6, 6.07) is 8.29. The summed E-state index contributed by atoms with van der Waals surface area (Å²) in [6.07, 6.45) is -2.63. The fourth-order valence-electron chi connectivity index (χ4n) is 4.53. The fourth-order valence-corrected chi connectivity index (χ4v) is 4.81. The zero-order valence-corrected chi connectivity index (χ0v) is 18.6. The highest BCUT2D eigenvalue weighted by molar-refractivity contribution is 6.31. The molecule has 0 fully saturated rings. The number of alkyl halides is 3. The third kappa shape index (κ3) is 3.51. The summed E-state index contributed by atoms with van der Waals surface area (Å²) in [7, 11) is 0. The molecule has 0 amide bonds. The van der Waals surface area contributed by atoms with Crippen LogP contribution in [0.5, 0.6) is 11.5 Å². The lowest BCUT2D eigenvalue weighted by molar-refractivity contribution is -0.137. The first-order valence-electron chi connectivity index (χ1n) is 10.3. The number of benzene rings is 2. The van der Waals surface area contributed by atoms with Crippen molar-refractivity contribution in [1.82, 2.24) is 0 Å². The Morgan fingerprint density at radius 2 is 1.81 bits per heavy atom. The maximum absolute atomic E-state index is 13.4. The summed E-state index contributed by atoms with van der Waals surface area (Å²) in [4.78, 5) is 13.4. The Hall–Kier alpha value is -2.73. The highest BCUT2D eigenvalue weighted by Gasteiger charge is 2.48. The lowest BCUT2D eigenvalue weighted by Crippen LogP contribution is -2.30. The van der Waals surface area contributed by atoms with Gasteiger partial charge in [0.05, 0.1) is 21.6 Å². The normalized spacial score (nSPS) is 20.9. The van der Waals surface area contributed by atoms with E-state index in [1.165, 1.54) is 6.07 Å². The van der Waals surface area contributed by atoms with Crippen LogP contribution in [0.2, 0.25) is 5.02 Å². The number of halogens is 4. The van der Waals surface area contributed by atoms with Gasteiger partial charge in [-0.05, 0) is 74.1 Å². The van der Waals surface area contributed by atoms with Gasteiger partial charge in [0, 0.05) is 6.07 Å². The maximum atomic E-state index is 13.4. The molecule has 0 heterocycles. The molecule has 2 bridgehead atoms. The van der Waals surface area contributed by atoms with Gasteiger partial charge in [-0.1, -0.05) is 30.2 Å². The van der Waals surface area contributed by atoms with Crippen molar-refractivity contribution in [2.45, 2.75) is 46.2 Å². The van der Waals surface area contributed by atoms with Crippen LogP contribution in [0, 0.1) is 5.41 Å². The predicted octanol–water partition coefficient (Wildman–Crippen LogP) is 7.68. The molecule has 1 N–H and O–H groups in total. The van der Waals surface area contributed by atoms with Crippen molar-refractivity contribution >= 4 is 23.0 Å². The fraction of sp³-hybridized carbons (Fsp3) is 0.320.